The van der Waals surface area contributed by atoms with Gasteiger partial charge in [-0.2, -0.15) is 0 Å². The van der Waals surface area contributed by atoms with Gasteiger partial charge in [-0.15, -0.1) is 0 Å². The standard InChI is InChI=1S/C20H20N2O2/c1-14-6-8-15(9-7-14)18(23)22-12-10-20(11-13-22)16-4-2-3-5-17(16)21-19(20)24/h2-9H,10-13H2,1H3,(H,21,24). The number of piperidine rings is 1. The highest BCUT2D eigenvalue weighted by atomic mass is 16.2. The Morgan fingerprint density at radius 3 is 2.42 bits per heavy atom. The minimum Gasteiger partial charge on any atom is -0.339 e. The van der Waals surface area contributed by atoms with Crippen molar-refractivity contribution in [3.63, 3.8) is 0 Å². The summed E-state index contributed by atoms with van der Waals surface area (Å²) in [5.74, 6) is 0.127. The molecule has 2 amide bonds. The molecule has 0 unspecified atom stereocenters. The number of fused-ring (bicyclic) bond motifs is 2. The summed E-state index contributed by atoms with van der Waals surface area (Å²) in [5, 5.41) is 3.00. The van der Waals surface area contributed by atoms with Crippen LogP contribution in [0.5, 0.6) is 0 Å². The number of hydrogen-bond donors (Lipinski definition) is 1. The van der Waals surface area contributed by atoms with E-state index in [1.165, 1.54) is 0 Å². The Labute approximate surface area is 141 Å². The molecule has 122 valence electrons. The van der Waals surface area contributed by atoms with E-state index in [0.29, 0.717) is 31.5 Å². The minimum absolute atomic E-state index is 0.0524. The summed E-state index contributed by atoms with van der Waals surface area (Å²) >= 11 is 0. The van der Waals surface area contributed by atoms with Crippen molar-refractivity contribution in [2.45, 2.75) is 25.2 Å². The van der Waals surface area contributed by atoms with Gasteiger partial charge in [0.05, 0.1) is 5.41 Å². The molecule has 4 nitrogen and oxygen atoms in total. The van der Waals surface area contributed by atoms with E-state index >= 15 is 0 Å². The van der Waals surface area contributed by atoms with Crippen LogP contribution in [0.25, 0.3) is 0 Å². The van der Waals surface area contributed by atoms with Crippen LogP contribution in [-0.4, -0.2) is 29.8 Å². The SMILES string of the molecule is Cc1ccc(C(=O)N2CCC3(CC2)C(=O)Nc2ccccc23)cc1. The number of rotatable bonds is 1. The molecule has 0 bridgehead atoms. The van der Waals surface area contributed by atoms with Crippen LogP contribution in [0.1, 0.15) is 34.3 Å². The maximum absolute atomic E-state index is 12.7. The number of aryl methyl sites for hydroxylation is 1. The highest BCUT2D eigenvalue weighted by Gasteiger charge is 2.48. The topological polar surface area (TPSA) is 49.4 Å². The second-order valence-electron chi connectivity index (χ2n) is 6.74. The number of amides is 2. The number of carbonyl (C=O) groups is 2. The average molecular weight is 320 g/mol. The van der Waals surface area contributed by atoms with Crippen LogP contribution in [0.15, 0.2) is 48.5 Å². The van der Waals surface area contributed by atoms with Crippen molar-refractivity contribution < 1.29 is 9.59 Å². The maximum Gasteiger partial charge on any atom is 0.253 e. The number of anilines is 1. The van der Waals surface area contributed by atoms with E-state index in [9.17, 15) is 9.59 Å². The molecule has 0 aliphatic carbocycles. The lowest BCUT2D eigenvalue weighted by Gasteiger charge is -2.38. The normalized spacial score (nSPS) is 18.4. The summed E-state index contributed by atoms with van der Waals surface area (Å²) in [5.41, 5.74) is 3.38. The Morgan fingerprint density at radius 1 is 1.04 bits per heavy atom. The average Bonchev–Trinajstić information content (AvgIpc) is 2.88. The van der Waals surface area contributed by atoms with Crippen molar-refractivity contribution in [1.29, 1.82) is 0 Å². The van der Waals surface area contributed by atoms with E-state index in [1.807, 2.05) is 60.4 Å². The molecule has 4 heteroatoms. The van der Waals surface area contributed by atoms with Gasteiger partial charge in [-0.3, -0.25) is 9.59 Å². The Kier molecular flexibility index (Phi) is 3.41. The molecule has 2 aromatic rings. The zero-order valence-electron chi connectivity index (χ0n) is 13.7. The van der Waals surface area contributed by atoms with Gasteiger partial charge in [0.1, 0.15) is 0 Å². The van der Waals surface area contributed by atoms with Crippen LogP contribution in [-0.2, 0) is 10.2 Å². The molecule has 1 fully saturated rings. The minimum atomic E-state index is -0.472. The molecule has 2 aromatic carbocycles. The highest BCUT2D eigenvalue weighted by Crippen LogP contribution is 2.44. The van der Waals surface area contributed by atoms with Gasteiger partial charge in [-0.1, -0.05) is 35.9 Å². The lowest BCUT2D eigenvalue weighted by Crippen LogP contribution is -2.48. The molecule has 1 spiro atoms. The molecule has 0 saturated carbocycles. The molecule has 1 saturated heterocycles. The van der Waals surface area contributed by atoms with E-state index in [2.05, 4.69) is 5.32 Å². The molecule has 0 atom stereocenters. The number of nitrogens with one attached hydrogen (secondary N) is 1. The molecular weight excluding hydrogens is 300 g/mol. The molecule has 1 N–H and O–H groups in total. The third kappa shape index (κ3) is 2.21. The van der Waals surface area contributed by atoms with Crippen molar-refractivity contribution in [2.24, 2.45) is 0 Å². The first-order valence-corrected chi connectivity index (χ1v) is 8.37. The number of likely N-dealkylation sites (tertiary alicyclic amines) is 1. The van der Waals surface area contributed by atoms with Crippen LogP contribution in [0.2, 0.25) is 0 Å². The van der Waals surface area contributed by atoms with Crippen LogP contribution in [0.3, 0.4) is 0 Å². The van der Waals surface area contributed by atoms with Crippen molar-refractivity contribution in [1.82, 2.24) is 4.90 Å². The second-order valence-corrected chi connectivity index (χ2v) is 6.74. The zero-order valence-corrected chi connectivity index (χ0v) is 13.7. The fraction of sp³-hybridized carbons (Fsp3) is 0.300. The van der Waals surface area contributed by atoms with Gasteiger partial charge in [0.2, 0.25) is 5.91 Å². The zero-order chi connectivity index (χ0) is 16.7. The molecule has 2 aliphatic rings. The Balaban J connectivity index is 1.54. The van der Waals surface area contributed by atoms with Crippen LogP contribution < -0.4 is 5.32 Å². The summed E-state index contributed by atoms with van der Waals surface area (Å²) in [7, 11) is 0. The van der Waals surface area contributed by atoms with Crippen molar-refractivity contribution in [2.75, 3.05) is 18.4 Å². The van der Waals surface area contributed by atoms with E-state index in [-0.39, 0.29) is 11.8 Å². The lowest BCUT2D eigenvalue weighted by atomic mass is 9.73. The number of benzene rings is 2. The lowest BCUT2D eigenvalue weighted by molar-refractivity contribution is -0.122. The predicted octanol–water partition coefficient (Wildman–Crippen LogP) is 3.12. The van der Waals surface area contributed by atoms with E-state index in [0.717, 1.165) is 16.8 Å². The summed E-state index contributed by atoms with van der Waals surface area (Å²) in [6.45, 7) is 3.22. The smallest absolute Gasteiger partial charge is 0.253 e. The van der Waals surface area contributed by atoms with E-state index in [4.69, 9.17) is 0 Å². The number of nitrogens with zero attached hydrogens (tertiary/aromatic N) is 1. The summed E-state index contributed by atoms with van der Waals surface area (Å²) < 4.78 is 0. The van der Waals surface area contributed by atoms with Gasteiger partial charge < -0.3 is 10.2 Å². The largest absolute Gasteiger partial charge is 0.339 e. The second kappa shape index (κ2) is 5.48. The van der Waals surface area contributed by atoms with E-state index in [1.54, 1.807) is 0 Å². The monoisotopic (exact) mass is 320 g/mol. The first kappa shape index (κ1) is 14.9. The Morgan fingerprint density at radius 2 is 1.71 bits per heavy atom. The fourth-order valence-electron chi connectivity index (χ4n) is 3.84. The highest BCUT2D eigenvalue weighted by molar-refractivity contribution is 6.06. The molecule has 2 heterocycles. The predicted molar refractivity (Wildman–Crippen MR) is 93.1 cm³/mol. The Bertz CT molecular complexity index is 803. The van der Waals surface area contributed by atoms with Gasteiger partial charge in [0.25, 0.3) is 5.91 Å². The first-order valence-electron chi connectivity index (χ1n) is 8.37. The van der Waals surface area contributed by atoms with Crippen molar-refractivity contribution in [3.05, 3.63) is 65.2 Å². The summed E-state index contributed by atoms with van der Waals surface area (Å²) in [4.78, 5) is 27.1. The molecule has 24 heavy (non-hydrogen) atoms. The quantitative estimate of drug-likeness (QED) is 0.877. The maximum atomic E-state index is 12.7. The fourth-order valence-corrected chi connectivity index (χ4v) is 3.84. The van der Waals surface area contributed by atoms with Gasteiger partial charge in [0, 0.05) is 24.3 Å². The number of carbonyl (C=O) groups excluding carboxylic acids is 2. The molecular formula is C20H20N2O2. The first-order chi connectivity index (χ1) is 11.6. The third-order valence-electron chi connectivity index (χ3n) is 5.33. The van der Waals surface area contributed by atoms with Crippen LogP contribution in [0.4, 0.5) is 5.69 Å². The Hall–Kier alpha value is -2.62. The van der Waals surface area contributed by atoms with Crippen LogP contribution >= 0.6 is 0 Å². The molecule has 4 rings (SSSR count). The summed E-state index contributed by atoms with van der Waals surface area (Å²) in [6, 6.07) is 15.6. The van der Waals surface area contributed by atoms with E-state index < -0.39 is 5.41 Å². The number of hydrogen-bond acceptors (Lipinski definition) is 2. The third-order valence-corrected chi connectivity index (χ3v) is 5.33. The van der Waals surface area contributed by atoms with Gasteiger partial charge in [0.15, 0.2) is 0 Å². The van der Waals surface area contributed by atoms with Crippen LogP contribution in [0, 0.1) is 6.92 Å². The molecule has 0 aromatic heterocycles. The summed E-state index contributed by atoms with van der Waals surface area (Å²) in [6.07, 6.45) is 1.35. The molecule has 2 aliphatic heterocycles. The van der Waals surface area contributed by atoms with Gasteiger partial charge in [-0.25, -0.2) is 0 Å². The van der Waals surface area contributed by atoms with Gasteiger partial charge >= 0.3 is 0 Å². The van der Waals surface area contributed by atoms with Gasteiger partial charge in [-0.05, 0) is 43.5 Å². The number of para-hydroxylation sites is 1. The van der Waals surface area contributed by atoms with Crippen molar-refractivity contribution in [3.8, 4) is 0 Å². The molecule has 0 radical (unpaired) electrons. The van der Waals surface area contributed by atoms with Crippen molar-refractivity contribution >= 4 is 17.5 Å².